The highest BCUT2D eigenvalue weighted by atomic mass is 28.4. The minimum atomic E-state index is -1.96. The minimum Gasteiger partial charge on any atom is -0.531 e. The van der Waals surface area contributed by atoms with Gasteiger partial charge in [-0.25, -0.2) is 4.98 Å². The second kappa shape index (κ2) is 8.73. The molecule has 1 aromatic heterocycles. The van der Waals surface area contributed by atoms with Crippen LogP contribution in [-0.4, -0.2) is 64.9 Å². The Labute approximate surface area is 177 Å². The summed E-state index contributed by atoms with van der Waals surface area (Å²) in [6.45, 7) is 19.2. The van der Waals surface area contributed by atoms with Gasteiger partial charge in [0, 0.05) is 6.20 Å². The maximum absolute atomic E-state index is 11.2. The molecule has 3 N–H and O–H groups in total. The summed E-state index contributed by atoms with van der Waals surface area (Å²) < 4.78 is 24.8. The maximum atomic E-state index is 11.2. The van der Waals surface area contributed by atoms with Crippen molar-refractivity contribution in [1.82, 2.24) is 9.97 Å². The van der Waals surface area contributed by atoms with E-state index in [1.807, 2.05) is 0 Å². The summed E-state index contributed by atoms with van der Waals surface area (Å²) >= 11 is 0. The Morgan fingerprint density at radius 2 is 1.66 bits per heavy atom. The van der Waals surface area contributed by atoms with Gasteiger partial charge >= 0.3 is 0 Å². The summed E-state index contributed by atoms with van der Waals surface area (Å²) in [5.74, 6) is 0.502. The Balaban J connectivity index is 2.35. The molecule has 0 amide bonds. The van der Waals surface area contributed by atoms with E-state index in [9.17, 15) is 5.11 Å². The quantitative estimate of drug-likeness (QED) is 0.571. The van der Waals surface area contributed by atoms with Gasteiger partial charge in [0.2, 0.25) is 20.1 Å². The molecule has 0 aromatic carbocycles. The monoisotopic (exact) mass is 459 g/mol. The normalized spacial score (nSPS) is 26.0. The molecule has 1 fully saturated rings. The zero-order valence-electron chi connectivity index (χ0n) is 19.1. The molecule has 11 heteroatoms. The molecule has 1 aliphatic heterocycles. The predicted octanol–water partition coefficient (Wildman–Crippen LogP) is 3.14. The maximum Gasteiger partial charge on any atom is 0.244 e. The van der Waals surface area contributed by atoms with Crippen LogP contribution in [0.2, 0.25) is 58.9 Å². The predicted molar refractivity (Wildman–Crippen MR) is 122 cm³/mol. The topological polar surface area (TPSA) is 109 Å². The van der Waals surface area contributed by atoms with E-state index in [1.165, 1.54) is 0 Å². The number of aliphatic hydroxyl groups is 1. The number of nitrogens with zero attached hydrogens (tertiary/aromatic N) is 2. The Morgan fingerprint density at radius 1 is 1.03 bits per heavy atom. The van der Waals surface area contributed by atoms with Gasteiger partial charge in [0.15, 0.2) is 16.6 Å². The van der Waals surface area contributed by atoms with E-state index < -0.39 is 43.3 Å². The van der Waals surface area contributed by atoms with Crippen LogP contribution in [0.4, 0.5) is 5.95 Å². The van der Waals surface area contributed by atoms with Gasteiger partial charge in [-0.2, -0.15) is 4.98 Å². The summed E-state index contributed by atoms with van der Waals surface area (Å²) in [6.07, 6.45) is -0.836. The van der Waals surface area contributed by atoms with Crippen molar-refractivity contribution < 1.29 is 23.1 Å². The van der Waals surface area contributed by atoms with Gasteiger partial charge in [-0.05, 0) is 58.9 Å². The van der Waals surface area contributed by atoms with E-state index in [0.717, 1.165) is 0 Å². The standard InChI is InChI=1S/C18H37N3O5Si3/c1-27(2,3)23-11-13-16(25-28(4,5)6)14(22)15(24-13)12-10-20-18(19)21-17(12)26-29(7,8)9/h10,13-16,22H,11H2,1-9H3,(H2,19,20,21). The van der Waals surface area contributed by atoms with Crippen LogP contribution in [-0.2, 0) is 13.6 Å². The molecule has 0 aliphatic carbocycles. The number of anilines is 1. The van der Waals surface area contributed by atoms with Crippen molar-refractivity contribution in [3.05, 3.63) is 11.8 Å². The van der Waals surface area contributed by atoms with Crippen LogP contribution >= 0.6 is 0 Å². The molecule has 166 valence electrons. The Bertz CT molecular complexity index is 703. The molecule has 1 aromatic rings. The zero-order valence-corrected chi connectivity index (χ0v) is 22.1. The molecule has 0 saturated carbocycles. The lowest BCUT2D eigenvalue weighted by Crippen LogP contribution is -2.44. The first-order valence-electron chi connectivity index (χ1n) is 10.0. The Morgan fingerprint density at radius 3 is 2.17 bits per heavy atom. The van der Waals surface area contributed by atoms with Gasteiger partial charge in [-0.15, -0.1) is 0 Å². The molecule has 8 nitrogen and oxygen atoms in total. The number of rotatable bonds is 8. The minimum absolute atomic E-state index is 0.128. The molecule has 4 unspecified atom stereocenters. The van der Waals surface area contributed by atoms with E-state index in [1.54, 1.807) is 6.20 Å². The molecule has 1 aliphatic rings. The molecule has 0 radical (unpaired) electrons. The van der Waals surface area contributed by atoms with E-state index in [0.29, 0.717) is 18.1 Å². The van der Waals surface area contributed by atoms with Gasteiger partial charge < -0.3 is 28.9 Å². The van der Waals surface area contributed by atoms with Crippen molar-refractivity contribution in [3.63, 3.8) is 0 Å². The molecule has 0 spiro atoms. The fraction of sp³-hybridized carbons (Fsp3) is 0.778. The largest absolute Gasteiger partial charge is 0.531 e. The third-order valence-electron chi connectivity index (χ3n) is 4.01. The summed E-state index contributed by atoms with van der Waals surface area (Å²) in [7, 11) is -5.65. The number of nitrogens with two attached hydrogens (primary N) is 1. The van der Waals surface area contributed by atoms with Crippen molar-refractivity contribution in [2.75, 3.05) is 12.3 Å². The first-order valence-corrected chi connectivity index (χ1v) is 20.2. The fourth-order valence-electron chi connectivity index (χ4n) is 2.97. The Hall–Kier alpha value is -0.829. The molecule has 2 heterocycles. The fourth-order valence-corrected chi connectivity index (χ4v) is 5.49. The molecular formula is C18H37N3O5Si3. The van der Waals surface area contributed by atoms with Crippen molar-refractivity contribution in [2.24, 2.45) is 0 Å². The lowest BCUT2D eigenvalue weighted by Gasteiger charge is -2.29. The highest BCUT2D eigenvalue weighted by Crippen LogP contribution is 2.40. The van der Waals surface area contributed by atoms with E-state index >= 15 is 0 Å². The number of aliphatic hydroxyl groups excluding tert-OH is 1. The summed E-state index contributed by atoms with van der Waals surface area (Å²) in [4.78, 5) is 8.39. The van der Waals surface area contributed by atoms with Crippen molar-refractivity contribution >= 4 is 30.9 Å². The molecule has 4 atom stereocenters. The lowest BCUT2D eigenvalue weighted by molar-refractivity contribution is -0.0164. The molecule has 2 rings (SSSR count). The van der Waals surface area contributed by atoms with E-state index in [2.05, 4.69) is 68.9 Å². The molecular weight excluding hydrogens is 422 g/mol. The summed E-state index contributed by atoms with van der Waals surface area (Å²) in [6, 6.07) is 0. The van der Waals surface area contributed by atoms with Crippen molar-refractivity contribution in [1.29, 1.82) is 0 Å². The van der Waals surface area contributed by atoms with E-state index in [-0.39, 0.29) is 12.1 Å². The van der Waals surface area contributed by atoms with Crippen LogP contribution in [0, 0.1) is 0 Å². The second-order valence-corrected chi connectivity index (χ2v) is 23.8. The van der Waals surface area contributed by atoms with Gasteiger partial charge in [0.1, 0.15) is 24.4 Å². The summed E-state index contributed by atoms with van der Waals surface area (Å²) in [5, 5.41) is 11.2. The smallest absolute Gasteiger partial charge is 0.244 e. The number of hydrogen-bond donors (Lipinski definition) is 2. The first-order chi connectivity index (χ1) is 13.1. The van der Waals surface area contributed by atoms with E-state index in [4.69, 9.17) is 23.7 Å². The van der Waals surface area contributed by atoms with Crippen LogP contribution in [0.3, 0.4) is 0 Å². The average Bonchev–Trinajstić information content (AvgIpc) is 2.78. The van der Waals surface area contributed by atoms with Crippen LogP contribution in [0.25, 0.3) is 0 Å². The van der Waals surface area contributed by atoms with Crippen molar-refractivity contribution in [2.45, 2.75) is 83.3 Å². The SMILES string of the molecule is C[Si](C)(C)OCC1OC(c2cnc(N)nc2O[Si](C)(C)C)C(O)C1O[Si](C)(C)C. The van der Waals surface area contributed by atoms with Gasteiger partial charge in [0.05, 0.1) is 12.2 Å². The highest BCUT2D eigenvalue weighted by molar-refractivity contribution is 6.70. The molecule has 29 heavy (non-hydrogen) atoms. The third-order valence-corrected chi connectivity index (χ3v) is 6.83. The second-order valence-electron chi connectivity index (χ2n) is 10.4. The van der Waals surface area contributed by atoms with Crippen LogP contribution in [0.5, 0.6) is 5.88 Å². The van der Waals surface area contributed by atoms with Crippen LogP contribution < -0.4 is 10.2 Å². The first kappa shape index (κ1) is 24.4. The highest BCUT2D eigenvalue weighted by Gasteiger charge is 2.48. The number of aromatic nitrogens is 2. The van der Waals surface area contributed by atoms with Gasteiger partial charge in [0.25, 0.3) is 0 Å². The number of hydrogen-bond acceptors (Lipinski definition) is 8. The number of nitrogen functional groups attached to an aromatic ring is 1. The summed E-state index contributed by atoms with van der Waals surface area (Å²) in [5.41, 5.74) is 6.38. The third kappa shape index (κ3) is 7.42. The van der Waals surface area contributed by atoms with Crippen LogP contribution in [0.1, 0.15) is 11.7 Å². The van der Waals surface area contributed by atoms with Gasteiger partial charge in [-0.3, -0.25) is 0 Å². The molecule has 0 bridgehead atoms. The number of ether oxygens (including phenoxy) is 1. The van der Waals surface area contributed by atoms with Crippen molar-refractivity contribution in [3.8, 4) is 5.88 Å². The zero-order chi connectivity index (χ0) is 22.2. The average molecular weight is 460 g/mol. The lowest BCUT2D eigenvalue weighted by atomic mass is 10.0. The molecule has 1 saturated heterocycles. The Kier molecular flexibility index (Phi) is 7.36. The van der Waals surface area contributed by atoms with Crippen LogP contribution in [0.15, 0.2) is 6.20 Å². The van der Waals surface area contributed by atoms with Gasteiger partial charge in [-0.1, -0.05) is 0 Å².